The minimum atomic E-state index is -0.0313. The molecular formula is C20H36O2. The Bertz CT molecular complexity index is 413. The molecular weight excluding hydrogens is 272 g/mol. The second-order valence-corrected chi connectivity index (χ2v) is 10.3. The molecule has 22 heavy (non-hydrogen) atoms. The van der Waals surface area contributed by atoms with Crippen molar-refractivity contribution in [1.82, 2.24) is 0 Å². The van der Waals surface area contributed by atoms with E-state index in [2.05, 4.69) is 41.5 Å². The van der Waals surface area contributed by atoms with Crippen molar-refractivity contribution in [2.75, 3.05) is 0 Å². The Hall–Kier alpha value is -0.0800. The van der Waals surface area contributed by atoms with Crippen LogP contribution in [0.1, 0.15) is 80.1 Å². The minimum Gasteiger partial charge on any atom is -0.393 e. The van der Waals surface area contributed by atoms with E-state index in [1.165, 1.54) is 25.7 Å². The van der Waals surface area contributed by atoms with Crippen LogP contribution in [0.4, 0.5) is 0 Å². The summed E-state index contributed by atoms with van der Waals surface area (Å²) in [6, 6.07) is 0. The summed E-state index contributed by atoms with van der Waals surface area (Å²) in [6.07, 6.45) is 7.15. The molecule has 0 radical (unpaired) electrons. The summed E-state index contributed by atoms with van der Waals surface area (Å²) >= 11 is 0. The number of aliphatic hydroxyl groups excluding tert-OH is 2. The van der Waals surface area contributed by atoms with Gasteiger partial charge in [0.2, 0.25) is 0 Å². The van der Waals surface area contributed by atoms with Gasteiger partial charge in [0.25, 0.3) is 0 Å². The number of aliphatic hydroxyl groups is 2. The van der Waals surface area contributed by atoms with Crippen LogP contribution in [-0.2, 0) is 0 Å². The zero-order valence-electron chi connectivity index (χ0n) is 15.4. The fourth-order valence-electron chi connectivity index (χ4n) is 6.32. The number of hydrogen-bond donors (Lipinski definition) is 2. The van der Waals surface area contributed by atoms with Crippen molar-refractivity contribution in [3.05, 3.63) is 0 Å². The molecule has 0 saturated heterocycles. The molecule has 0 unspecified atom stereocenters. The van der Waals surface area contributed by atoms with E-state index < -0.39 is 0 Å². The molecule has 0 aromatic rings. The van der Waals surface area contributed by atoms with Gasteiger partial charge in [0.05, 0.1) is 12.2 Å². The molecule has 4 aliphatic carbocycles. The highest BCUT2D eigenvalue weighted by atomic mass is 16.3. The normalized spacial score (nSPS) is 53.5. The summed E-state index contributed by atoms with van der Waals surface area (Å²) in [6.45, 7) is 13.8. The Labute approximate surface area is 136 Å². The Morgan fingerprint density at radius 2 is 0.955 bits per heavy atom. The number of rotatable bonds is 0. The van der Waals surface area contributed by atoms with Gasteiger partial charge in [0.1, 0.15) is 0 Å². The van der Waals surface area contributed by atoms with E-state index in [-0.39, 0.29) is 23.0 Å². The molecule has 6 atom stereocenters. The topological polar surface area (TPSA) is 40.5 Å². The molecule has 2 heteroatoms. The first-order valence-corrected chi connectivity index (χ1v) is 9.33. The molecule has 4 saturated carbocycles. The summed E-state index contributed by atoms with van der Waals surface area (Å²) in [5.41, 5.74) is 1.20. The zero-order valence-corrected chi connectivity index (χ0v) is 15.4. The second kappa shape index (κ2) is 4.72. The van der Waals surface area contributed by atoms with Crippen LogP contribution in [0.5, 0.6) is 0 Å². The van der Waals surface area contributed by atoms with Crippen molar-refractivity contribution in [2.24, 2.45) is 33.5 Å². The smallest absolute Gasteiger partial charge is 0.0601 e. The van der Waals surface area contributed by atoms with Crippen molar-refractivity contribution >= 4 is 0 Å². The van der Waals surface area contributed by atoms with E-state index in [4.69, 9.17) is 0 Å². The van der Waals surface area contributed by atoms with E-state index in [0.29, 0.717) is 10.8 Å². The predicted molar refractivity (Wildman–Crippen MR) is 90.5 cm³/mol. The van der Waals surface area contributed by atoms with E-state index in [1.54, 1.807) is 0 Å². The molecule has 2 nitrogen and oxygen atoms in total. The highest BCUT2D eigenvalue weighted by Gasteiger charge is 2.61. The molecule has 4 rings (SSSR count). The van der Waals surface area contributed by atoms with Gasteiger partial charge < -0.3 is 10.2 Å². The summed E-state index contributed by atoms with van der Waals surface area (Å²) in [5.74, 6) is 1.56. The lowest BCUT2D eigenvalue weighted by Crippen LogP contribution is -2.35. The Kier molecular flexibility index (Phi) is 3.60. The van der Waals surface area contributed by atoms with E-state index in [9.17, 15) is 10.2 Å². The Balaban J connectivity index is 0.000000131. The fraction of sp³-hybridized carbons (Fsp3) is 1.00. The summed E-state index contributed by atoms with van der Waals surface area (Å²) in [7, 11) is 0. The van der Waals surface area contributed by atoms with Crippen molar-refractivity contribution in [1.29, 1.82) is 0 Å². The van der Waals surface area contributed by atoms with E-state index in [0.717, 1.165) is 24.7 Å². The molecule has 0 aromatic carbocycles. The van der Waals surface area contributed by atoms with Crippen LogP contribution in [0.15, 0.2) is 0 Å². The molecule has 0 amide bonds. The van der Waals surface area contributed by atoms with Crippen LogP contribution in [0.3, 0.4) is 0 Å². The molecule has 4 aliphatic rings. The lowest BCUT2D eigenvalue weighted by Gasteiger charge is -2.36. The van der Waals surface area contributed by atoms with Crippen LogP contribution in [0.25, 0.3) is 0 Å². The van der Waals surface area contributed by atoms with Gasteiger partial charge in [-0.05, 0) is 72.0 Å². The Morgan fingerprint density at radius 3 is 1.05 bits per heavy atom. The van der Waals surface area contributed by atoms with Gasteiger partial charge in [-0.3, -0.25) is 0 Å². The maximum Gasteiger partial charge on any atom is 0.0601 e. The highest BCUT2D eigenvalue weighted by molar-refractivity contribution is 5.11. The largest absolute Gasteiger partial charge is 0.393 e. The quantitative estimate of drug-likeness (QED) is 0.697. The van der Waals surface area contributed by atoms with Gasteiger partial charge in [-0.15, -0.1) is 0 Å². The maximum absolute atomic E-state index is 9.81. The van der Waals surface area contributed by atoms with Crippen LogP contribution < -0.4 is 0 Å². The second-order valence-electron chi connectivity index (χ2n) is 10.3. The molecule has 128 valence electrons. The monoisotopic (exact) mass is 308 g/mol. The SMILES string of the molecule is CC1(C)[C@@H]2CC[C@@]1(C)[C@H](O)C2.CC1(C)[C@@H]2CC[C@@]1(C)[C@H](O)C2. The average Bonchev–Trinajstić information content (AvgIpc) is 2.91. The molecule has 2 N–H and O–H groups in total. The molecule has 0 aliphatic heterocycles. The zero-order chi connectivity index (χ0) is 16.6. The van der Waals surface area contributed by atoms with Crippen molar-refractivity contribution in [3.63, 3.8) is 0 Å². The van der Waals surface area contributed by atoms with E-state index in [1.807, 2.05) is 0 Å². The summed E-state index contributed by atoms with van der Waals surface area (Å²) in [4.78, 5) is 0. The highest BCUT2D eigenvalue weighted by Crippen LogP contribution is 2.66. The minimum absolute atomic E-state index is 0.0313. The van der Waals surface area contributed by atoms with Gasteiger partial charge in [0.15, 0.2) is 0 Å². The Morgan fingerprint density at radius 1 is 0.636 bits per heavy atom. The number of hydrogen-bond acceptors (Lipinski definition) is 2. The van der Waals surface area contributed by atoms with Gasteiger partial charge in [0, 0.05) is 0 Å². The van der Waals surface area contributed by atoms with Crippen molar-refractivity contribution in [3.8, 4) is 0 Å². The van der Waals surface area contributed by atoms with Crippen molar-refractivity contribution in [2.45, 2.75) is 92.3 Å². The van der Waals surface area contributed by atoms with Gasteiger partial charge >= 0.3 is 0 Å². The van der Waals surface area contributed by atoms with Gasteiger partial charge in [-0.25, -0.2) is 0 Å². The van der Waals surface area contributed by atoms with Crippen LogP contribution in [0.2, 0.25) is 0 Å². The standard InChI is InChI=1S/2C10H18O/c2*1-9(2)7-4-5-10(9,3)8(11)6-7/h2*7-8,11H,4-6H2,1-3H3/t2*7-,8-,10+/m11/s1. The first kappa shape index (κ1) is 16.8. The summed E-state index contributed by atoms with van der Waals surface area (Å²) in [5, 5.41) is 19.6. The lowest BCUT2D eigenvalue weighted by molar-refractivity contribution is 0.0125. The van der Waals surface area contributed by atoms with Gasteiger partial charge in [-0.1, -0.05) is 41.5 Å². The van der Waals surface area contributed by atoms with Crippen LogP contribution >= 0.6 is 0 Å². The predicted octanol–water partition coefficient (Wildman–Crippen LogP) is 4.39. The van der Waals surface area contributed by atoms with Gasteiger partial charge in [-0.2, -0.15) is 0 Å². The molecule has 0 heterocycles. The fourth-order valence-corrected chi connectivity index (χ4v) is 6.32. The summed E-state index contributed by atoms with van der Waals surface area (Å²) < 4.78 is 0. The third-order valence-corrected chi connectivity index (χ3v) is 9.50. The van der Waals surface area contributed by atoms with Crippen molar-refractivity contribution < 1.29 is 10.2 Å². The average molecular weight is 309 g/mol. The first-order chi connectivity index (χ1) is 9.97. The first-order valence-electron chi connectivity index (χ1n) is 9.33. The third-order valence-electron chi connectivity index (χ3n) is 9.50. The van der Waals surface area contributed by atoms with Crippen LogP contribution in [-0.4, -0.2) is 22.4 Å². The third kappa shape index (κ3) is 1.86. The van der Waals surface area contributed by atoms with E-state index >= 15 is 0 Å². The molecule has 0 aromatic heterocycles. The molecule has 4 bridgehead atoms. The number of fused-ring (bicyclic) bond motifs is 4. The van der Waals surface area contributed by atoms with Crippen LogP contribution in [0, 0.1) is 33.5 Å². The maximum atomic E-state index is 9.81. The molecule has 0 spiro atoms. The lowest BCUT2D eigenvalue weighted by atomic mass is 9.70. The molecule has 4 fully saturated rings.